The van der Waals surface area contributed by atoms with Gasteiger partial charge in [0.1, 0.15) is 17.4 Å². The average molecular weight is 252 g/mol. The fourth-order valence-corrected chi connectivity index (χ4v) is 2.11. The summed E-state index contributed by atoms with van der Waals surface area (Å²) in [7, 11) is 4.52. The minimum absolute atomic E-state index is 0.0125. The Labute approximate surface area is 106 Å². The fourth-order valence-electron chi connectivity index (χ4n) is 2.11. The van der Waals surface area contributed by atoms with Crippen molar-refractivity contribution in [2.45, 2.75) is 19.4 Å². The molecule has 1 unspecified atom stereocenters. The molecule has 18 heavy (non-hydrogen) atoms. The van der Waals surface area contributed by atoms with Crippen LogP contribution in [0.3, 0.4) is 0 Å². The SMILES string of the molecule is COc1cc2c(c(OC)c1OC)C(=O)CC(C)O2. The van der Waals surface area contributed by atoms with Crippen LogP contribution in [0.2, 0.25) is 0 Å². The van der Waals surface area contributed by atoms with Gasteiger partial charge in [-0.1, -0.05) is 0 Å². The zero-order valence-corrected chi connectivity index (χ0v) is 10.9. The number of hydrogen-bond donors (Lipinski definition) is 0. The summed E-state index contributed by atoms with van der Waals surface area (Å²) in [5.41, 5.74) is 0.424. The van der Waals surface area contributed by atoms with Gasteiger partial charge in [-0.05, 0) is 6.92 Å². The standard InChI is InChI=1S/C13H16O5/c1-7-5-8(14)11-9(18-7)6-10(15-2)12(16-3)13(11)17-4/h6-7H,5H2,1-4H3. The van der Waals surface area contributed by atoms with E-state index in [4.69, 9.17) is 18.9 Å². The van der Waals surface area contributed by atoms with Crippen molar-refractivity contribution in [2.24, 2.45) is 0 Å². The first kappa shape index (κ1) is 12.5. The smallest absolute Gasteiger partial charge is 0.204 e. The minimum atomic E-state index is -0.146. The number of fused-ring (bicyclic) bond motifs is 1. The largest absolute Gasteiger partial charge is 0.493 e. The van der Waals surface area contributed by atoms with Gasteiger partial charge < -0.3 is 18.9 Å². The van der Waals surface area contributed by atoms with Gasteiger partial charge >= 0.3 is 0 Å². The number of rotatable bonds is 3. The van der Waals surface area contributed by atoms with Crippen LogP contribution in [0.1, 0.15) is 23.7 Å². The second kappa shape index (κ2) is 4.76. The van der Waals surface area contributed by atoms with E-state index in [9.17, 15) is 4.79 Å². The summed E-state index contributed by atoms with van der Waals surface area (Å²) in [6, 6.07) is 1.66. The Balaban J connectivity index is 2.68. The van der Waals surface area contributed by atoms with Crippen LogP contribution in [-0.2, 0) is 0 Å². The Bertz CT molecular complexity index is 481. The quantitative estimate of drug-likeness (QED) is 0.824. The van der Waals surface area contributed by atoms with E-state index < -0.39 is 0 Å². The highest BCUT2D eigenvalue weighted by Crippen LogP contribution is 2.47. The van der Waals surface area contributed by atoms with Gasteiger partial charge in [-0.15, -0.1) is 0 Å². The van der Waals surface area contributed by atoms with Crippen molar-refractivity contribution in [1.82, 2.24) is 0 Å². The Kier molecular flexibility index (Phi) is 3.32. The van der Waals surface area contributed by atoms with Crippen molar-refractivity contribution < 1.29 is 23.7 Å². The highest BCUT2D eigenvalue weighted by molar-refractivity contribution is 6.03. The van der Waals surface area contributed by atoms with E-state index in [1.807, 2.05) is 6.92 Å². The molecule has 2 rings (SSSR count). The lowest BCUT2D eigenvalue weighted by Crippen LogP contribution is -2.24. The minimum Gasteiger partial charge on any atom is -0.493 e. The third kappa shape index (κ3) is 1.85. The molecule has 5 heteroatoms. The molecule has 1 aromatic rings. The van der Waals surface area contributed by atoms with Crippen LogP contribution in [0.25, 0.3) is 0 Å². The van der Waals surface area contributed by atoms with Crippen LogP contribution in [0.5, 0.6) is 23.0 Å². The van der Waals surface area contributed by atoms with Gasteiger partial charge in [0.2, 0.25) is 5.75 Å². The molecule has 0 radical (unpaired) electrons. The molecule has 0 saturated heterocycles. The summed E-state index contributed by atoms with van der Waals surface area (Å²) < 4.78 is 21.4. The van der Waals surface area contributed by atoms with E-state index in [1.165, 1.54) is 21.3 Å². The second-order valence-electron chi connectivity index (χ2n) is 4.07. The molecule has 5 nitrogen and oxygen atoms in total. The highest BCUT2D eigenvalue weighted by atomic mass is 16.5. The number of ketones is 1. The molecule has 98 valence electrons. The van der Waals surface area contributed by atoms with Crippen molar-refractivity contribution in [2.75, 3.05) is 21.3 Å². The predicted molar refractivity (Wildman–Crippen MR) is 65.1 cm³/mol. The van der Waals surface area contributed by atoms with Gasteiger partial charge in [-0.2, -0.15) is 0 Å². The van der Waals surface area contributed by atoms with E-state index in [2.05, 4.69) is 0 Å². The van der Waals surface area contributed by atoms with E-state index in [0.29, 0.717) is 35.0 Å². The van der Waals surface area contributed by atoms with E-state index in [0.717, 1.165) is 0 Å². The highest BCUT2D eigenvalue weighted by Gasteiger charge is 2.31. The summed E-state index contributed by atoms with van der Waals surface area (Å²) >= 11 is 0. The Morgan fingerprint density at radius 3 is 2.39 bits per heavy atom. The van der Waals surface area contributed by atoms with Crippen molar-refractivity contribution >= 4 is 5.78 Å². The van der Waals surface area contributed by atoms with Gasteiger partial charge in [0.05, 0.1) is 21.3 Å². The lowest BCUT2D eigenvalue weighted by Gasteiger charge is -2.25. The maximum absolute atomic E-state index is 12.1. The van der Waals surface area contributed by atoms with Crippen molar-refractivity contribution in [3.63, 3.8) is 0 Å². The zero-order valence-electron chi connectivity index (χ0n) is 10.9. The van der Waals surface area contributed by atoms with Gasteiger partial charge in [-0.25, -0.2) is 0 Å². The van der Waals surface area contributed by atoms with Gasteiger partial charge in [0.25, 0.3) is 0 Å². The number of Topliss-reactive ketones (excluding diaryl/α,β-unsaturated/α-hetero) is 1. The third-order valence-electron chi connectivity index (χ3n) is 2.87. The maximum Gasteiger partial charge on any atom is 0.204 e. The molecule has 0 spiro atoms. The number of ether oxygens (including phenoxy) is 4. The maximum atomic E-state index is 12.1. The van der Waals surface area contributed by atoms with Crippen LogP contribution in [0.15, 0.2) is 6.07 Å². The molecule has 0 amide bonds. The molecule has 0 N–H and O–H groups in total. The van der Waals surface area contributed by atoms with Crippen molar-refractivity contribution in [3.05, 3.63) is 11.6 Å². The molecule has 1 aliphatic heterocycles. The molecule has 0 saturated carbocycles. The molecular formula is C13H16O5. The molecule has 1 aliphatic rings. The first-order chi connectivity index (χ1) is 8.62. The monoisotopic (exact) mass is 252 g/mol. The molecule has 1 heterocycles. The lowest BCUT2D eigenvalue weighted by atomic mass is 9.99. The first-order valence-corrected chi connectivity index (χ1v) is 5.65. The van der Waals surface area contributed by atoms with E-state index in [-0.39, 0.29) is 11.9 Å². The number of hydrogen-bond acceptors (Lipinski definition) is 5. The molecule has 0 bridgehead atoms. The summed E-state index contributed by atoms with van der Waals surface area (Å²) in [4.78, 5) is 12.1. The number of methoxy groups -OCH3 is 3. The van der Waals surface area contributed by atoms with Crippen LogP contribution in [0.4, 0.5) is 0 Å². The van der Waals surface area contributed by atoms with Gasteiger partial charge in [0.15, 0.2) is 17.3 Å². The summed E-state index contributed by atoms with van der Waals surface area (Å²) in [6.45, 7) is 1.85. The normalized spacial score (nSPS) is 17.8. The van der Waals surface area contributed by atoms with Crippen molar-refractivity contribution in [3.8, 4) is 23.0 Å². The number of carbonyl (C=O) groups excluding carboxylic acids is 1. The summed E-state index contributed by atoms with van der Waals surface area (Å²) in [6.07, 6.45) is 0.187. The Morgan fingerprint density at radius 2 is 1.83 bits per heavy atom. The molecule has 0 aromatic heterocycles. The van der Waals surface area contributed by atoms with E-state index >= 15 is 0 Å². The predicted octanol–water partition coefficient (Wildman–Crippen LogP) is 2.07. The van der Waals surface area contributed by atoms with Gasteiger partial charge in [0, 0.05) is 12.5 Å². The van der Waals surface area contributed by atoms with Crippen LogP contribution < -0.4 is 18.9 Å². The molecular weight excluding hydrogens is 236 g/mol. The number of carbonyl (C=O) groups is 1. The van der Waals surface area contributed by atoms with Crippen LogP contribution in [-0.4, -0.2) is 33.2 Å². The summed E-state index contributed by atoms with van der Waals surface area (Å²) in [5, 5.41) is 0. The fraction of sp³-hybridized carbons (Fsp3) is 0.462. The average Bonchev–Trinajstić information content (AvgIpc) is 2.35. The summed E-state index contributed by atoms with van der Waals surface area (Å²) in [5.74, 6) is 1.72. The molecule has 0 fully saturated rings. The first-order valence-electron chi connectivity index (χ1n) is 5.65. The van der Waals surface area contributed by atoms with Gasteiger partial charge in [-0.3, -0.25) is 4.79 Å². The third-order valence-corrected chi connectivity index (χ3v) is 2.87. The Hall–Kier alpha value is -1.91. The van der Waals surface area contributed by atoms with E-state index in [1.54, 1.807) is 6.07 Å². The second-order valence-corrected chi connectivity index (χ2v) is 4.07. The van der Waals surface area contributed by atoms with Crippen LogP contribution in [0, 0.1) is 0 Å². The molecule has 0 aliphatic carbocycles. The lowest BCUT2D eigenvalue weighted by molar-refractivity contribution is 0.0864. The van der Waals surface area contributed by atoms with Crippen LogP contribution >= 0.6 is 0 Å². The topological polar surface area (TPSA) is 54.0 Å². The van der Waals surface area contributed by atoms with Crippen molar-refractivity contribution in [1.29, 1.82) is 0 Å². The Morgan fingerprint density at radius 1 is 1.17 bits per heavy atom. The number of benzene rings is 1. The zero-order chi connectivity index (χ0) is 13.3. The molecule has 1 aromatic carbocycles. The molecule has 1 atom stereocenters.